The zero-order valence-corrected chi connectivity index (χ0v) is 19.9. The number of hydrogen-bond donors (Lipinski definition) is 1. The molecule has 0 aliphatic carbocycles. The lowest BCUT2D eigenvalue weighted by atomic mass is 10.1. The number of aryl methyl sites for hydroxylation is 1. The molecule has 0 fully saturated rings. The van der Waals surface area contributed by atoms with Crippen LogP contribution in [0.1, 0.15) is 5.56 Å². The highest BCUT2D eigenvalue weighted by Gasteiger charge is 2.18. The number of benzene rings is 3. The van der Waals surface area contributed by atoms with E-state index in [1.54, 1.807) is 18.2 Å². The molecule has 0 bridgehead atoms. The number of nitrogens with zero attached hydrogens (tertiary/aromatic N) is 3. The summed E-state index contributed by atoms with van der Waals surface area (Å²) in [7, 11) is 0. The third-order valence-electron chi connectivity index (χ3n) is 5.15. The van der Waals surface area contributed by atoms with E-state index < -0.39 is 0 Å². The molecule has 0 unspecified atom stereocenters. The lowest BCUT2D eigenvalue weighted by molar-refractivity contribution is -0.113. The van der Waals surface area contributed by atoms with E-state index in [0.717, 1.165) is 16.8 Å². The van der Waals surface area contributed by atoms with Crippen LogP contribution in [-0.2, 0) is 4.79 Å². The lowest BCUT2D eigenvalue weighted by Crippen LogP contribution is -2.17. The van der Waals surface area contributed by atoms with Gasteiger partial charge in [0.1, 0.15) is 13.2 Å². The van der Waals surface area contributed by atoms with E-state index in [-0.39, 0.29) is 11.7 Å². The molecule has 172 valence electrons. The summed E-state index contributed by atoms with van der Waals surface area (Å²) in [6.45, 7) is 3.04. The SMILES string of the molecule is Cc1cccc(-c2nnc(SCC(=O)Nc3ccc4c(c3)OCCO4)n2-c2ccc(Cl)cc2)c1. The van der Waals surface area contributed by atoms with Crippen LogP contribution < -0.4 is 14.8 Å². The number of anilines is 1. The van der Waals surface area contributed by atoms with Gasteiger partial charge in [-0.25, -0.2) is 0 Å². The van der Waals surface area contributed by atoms with Crippen molar-refractivity contribution in [3.05, 3.63) is 77.3 Å². The van der Waals surface area contributed by atoms with E-state index in [1.807, 2.05) is 54.0 Å². The summed E-state index contributed by atoms with van der Waals surface area (Å²) in [5.74, 6) is 2.00. The van der Waals surface area contributed by atoms with E-state index in [1.165, 1.54) is 11.8 Å². The minimum absolute atomic E-state index is 0.161. The quantitative estimate of drug-likeness (QED) is 0.363. The van der Waals surface area contributed by atoms with Crippen LogP contribution in [0, 0.1) is 6.92 Å². The molecule has 1 amide bonds. The molecule has 4 aromatic rings. The predicted molar refractivity (Wildman–Crippen MR) is 133 cm³/mol. The standard InChI is InChI=1S/C25H21ClN4O3S/c1-16-3-2-4-17(13-16)24-28-29-25(30(24)20-8-5-18(26)6-9-20)34-15-23(31)27-19-7-10-21-22(14-19)33-12-11-32-21/h2-10,13-14H,11-12,15H2,1H3,(H,27,31). The number of thioether (sulfide) groups is 1. The molecular formula is C25H21ClN4O3S. The Balaban J connectivity index is 1.37. The highest BCUT2D eigenvalue weighted by atomic mass is 35.5. The van der Waals surface area contributed by atoms with Gasteiger partial charge in [0.25, 0.3) is 0 Å². The molecule has 1 aliphatic rings. The van der Waals surface area contributed by atoms with Crippen molar-refractivity contribution in [2.24, 2.45) is 0 Å². The highest BCUT2D eigenvalue weighted by molar-refractivity contribution is 7.99. The molecule has 1 aromatic heterocycles. The smallest absolute Gasteiger partial charge is 0.234 e. The van der Waals surface area contributed by atoms with Gasteiger partial charge in [-0.3, -0.25) is 9.36 Å². The van der Waals surface area contributed by atoms with Gasteiger partial charge in [-0.1, -0.05) is 47.1 Å². The topological polar surface area (TPSA) is 78.3 Å². The molecule has 0 saturated heterocycles. The molecule has 0 radical (unpaired) electrons. The minimum atomic E-state index is -0.163. The van der Waals surface area contributed by atoms with Gasteiger partial charge in [-0.2, -0.15) is 0 Å². The Morgan fingerprint density at radius 3 is 2.62 bits per heavy atom. The van der Waals surface area contributed by atoms with E-state index in [9.17, 15) is 4.79 Å². The fourth-order valence-corrected chi connectivity index (χ4v) is 4.48. The maximum Gasteiger partial charge on any atom is 0.234 e. The number of fused-ring (bicyclic) bond motifs is 1. The Labute approximate surface area is 206 Å². The van der Waals surface area contributed by atoms with Crippen molar-refractivity contribution >= 4 is 35.0 Å². The van der Waals surface area contributed by atoms with Gasteiger partial charge >= 0.3 is 0 Å². The zero-order valence-electron chi connectivity index (χ0n) is 18.3. The van der Waals surface area contributed by atoms with Crippen LogP contribution in [0.2, 0.25) is 5.02 Å². The normalized spacial score (nSPS) is 12.4. The first-order chi connectivity index (χ1) is 16.6. The Hall–Kier alpha value is -3.49. The number of nitrogens with one attached hydrogen (secondary N) is 1. The van der Waals surface area contributed by atoms with Crippen molar-refractivity contribution in [2.75, 3.05) is 24.3 Å². The number of ether oxygens (including phenoxy) is 2. The Morgan fingerprint density at radius 1 is 1.03 bits per heavy atom. The first-order valence-corrected chi connectivity index (χ1v) is 12.0. The monoisotopic (exact) mass is 492 g/mol. The zero-order chi connectivity index (χ0) is 23.5. The van der Waals surface area contributed by atoms with Crippen molar-refractivity contribution in [3.8, 4) is 28.6 Å². The molecule has 1 aliphatic heterocycles. The number of amides is 1. The second-order valence-corrected chi connectivity index (χ2v) is 9.06. The summed E-state index contributed by atoms with van der Waals surface area (Å²) in [6.07, 6.45) is 0. The number of halogens is 1. The molecule has 1 N–H and O–H groups in total. The molecule has 34 heavy (non-hydrogen) atoms. The molecule has 5 rings (SSSR count). The Kier molecular flexibility index (Phi) is 6.42. The van der Waals surface area contributed by atoms with Gasteiger partial charge in [-0.15, -0.1) is 10.2 Å². The van der Waals surface area contributed by atoms with Crippen molar-refractivity contribution in [3.63, 3.8) is 0 Å². The molecule has 0 saturated carbocycles. The molecule has 7 nitrogen and oxygen atoms in total. The average molecular weight is 493 g/mol. The van der Waals surface area contributed by atoms with Gasteiger partial charge in [0, 0.05) is 28.0 Å². The number of carbonyl (C=O) groups is 1. The maximum absolute atomic E-state index is 12.7. The second-order valence-electron chi connectivity index (χ2n) is 7.68. The van der Waals surface area contributed by atoms with Crippen molar-refractivity contribution in [1.29, 1.82) is 0 Å². The third kappa shape index (κ3) is 4.88. The summed E-state index contributed by atoms with van der Waals surface area (Å²) in [4.78, 5) is 12.7. The van der Waals surface area contributed by atoms with Crippen LogP contribution in [-0.4, -0.2) is 39.6 Å². The van der Waals surface area contributed by atoms with Crippen LogP contribution in [0.15, 0.2) is 71.9 Å². The van der Waals surface area contributed by atoms with Gasteiger partial charge in [0.15, 0.2) is 22.5 Å². The molecule has 2 heterocycles. The van der Waals surface area contributed by atoms with Crippen molar-refractivity contribution < 1.29 is 14.3 Å². The molecule has 0 spiro atoms. The van der Waals surface area contributed by atoms with E-state index in [0.29, 0.717) is 46.4 Å². The average Bonchev–Trinajstić information content (AvgIpc) is 3.27. The van der Waals surface area contributed by atoms with E-state index in [2.05, 4.69) is 21.6 Å². The number of hydrogen-bond acceptors (Lipinski definition) is 6. The minimum Gasteiger partial charge on any atom is -0.486 e. The van der Waals surface area contributed by atoms with E-state index >= 15 is 0 Å². The molecular weight excluding hydrogens is 472 g/mol. The number of aromatic nitrogens is 3. The van der Waals surface area contributed by atoms with Crippen LogP contribution in [0.4, 0.5) is 5.69 Å². The lowest BCUT2D eigenvalue weighted by Gasteiger charge is -2.19. The van der Waals surface area contributed by atoms with E-state index in [4.69, 9.17) is 21.1 Å². The van der Waals surface area contributed by atoms with Crippen LogP contribution in [0.3, 0.4) is 0 Å². The highest BCUT2D eigenvalue weighted by Crippen LogP contribution is 2.33. The van der Waals surface area contributed by atoms with Crippen LogP contribution in [0.25, 0.3) is 17.1 Å². The van der Waals surface area contributed by atoms with Gasteiger partial charge in [-0.05, 0) is 49.4 Å². The van der Waals surface area contributed by atoms with Crippen molar-refractivity contribution in [2.45, 2.75) is 12.1 Å². The Bertz CT molecular complexity index is 1340. The van der Waals surface area contributed by atoms with Gasteiger partial charge in [0.05, 0.1) is 5.75 Å². The summed E-state index contributed by atoms with van der Waals surface area (Å²) in [5, 5.41) is 13.0. The number of rotatable bonds is 6. The first kappa shape index (κ1) is 22.3. The second kappa shape index (κ2) is 9.79. The molecule has 9 heteroatoms. The molecule has 3 aromatic carbocycles. The fraction of sp³-hybridized carbons (Fsp3) is 0.160. The summed E-state index contributed by atoms with van der Waals surface area (Å²) in [5.41, 5.74) is 3.57. The number of carbonyl (C=O) groups excluding carboxylic acids is 1. The fourth-order valence-electron chi connectivity index (χ4n) is 3.61. The third-order valence-corrected chi connectivity index (χ3v) is 6.33. The largest absolute Gasteiger partial charge is 0.486 e. The van der Waals surface area contributed by atoms with Gasteiger partial charge < -0.3 is 14.8 Å². The van der Waals surface area contributed by atoms with Crippen LogP contribution >= 0.6 is 23.4 Å². The maximum atomic E-state index is 12.7. The predicted octanol–water partition coefficient (Wildman–Crippen LogP) is 5.40. The first-order valence-electron chi connectivity index (χ1n) is 10.7. The Morgan fingerprint density at radius 2 is 1.82 bits per heavy atom. The van der Waals surface area contributed by atoms with Crippen LogP contribution in [0.5, 0.6) is 11.5 Å². The van der Waals surface area contributed by atoms with Gasteiger partial charge in [0.2, 0.25) is 5.91 Å². The van der Waals surface area contributed by atoms with Crippen molar-refractivity contribution in [1.82, 2.24) is 14.8 Å². The summed E-state index contributed by atoms with van der Waals surface area (Å²) < 4.78 is 13.1. The molecule has 0 atom stereocenters. The summed E-state index contributed by atoms with van der Waals surface area (Å²) >= 11 is 7.41. The summed E-state index contributed by atoms with van der Waals surface area (Å²) in [6, 6.07) is 20.9.